The molecule has 134 valence electrons. The molecule has 1 aliphatic rings. The lowest BCUT2D eigenvalue weighted by atomic mass is 10.0. The number of fused-ring (bicyclic) bond motifs is 1. The number of aromatic nitrogens is 3. The number of anilines is 1. The molecule has 2 amide bonds. The third-order valence-electron chi connectivity index (χ3n) is 4.58. The zero-order valence-corrected chi connectivity index (χ0v) is 14.9. The molecular weight excluding hydrogens is 354 g/mol. The molecule has 8 heteroatoms. The summed E-state index contributed by atoms with van der Waals surface area (Å²) in [6, 6.07) is 9.03. The highest BCUT2D eigenvalue weighted by Gasteiger charge is 2.31. The van der Waals surface area contributed by atoms with Crippen LogP contribution in [0.3, 0.4) is 0 Å². The third-order valence-corrected chi connectivity index (χ3v) is 4.89. The van der Waals surface area contributed by atoms with Gasteiger partial charge in [-0.05, 0) is 18.6 Å². The van der Waals surface area contributed by atoms with E-state index in [4.69, 9.17) is 16.3 Å². The number of ether oxygens (including phenoxy) is 1. The number of urea groups is 1. The second-order valence-corrected chi connectivity index (χ2v) is 6.70. The van der Waals surface area contributed by atoms with Crippen molar-refractivity contribution in [3.63, 3.8) is 0 Å². The molecule has 1 aliphatic heterocycles. The largest absolute Gasteiger partial charge is 0.377 e. The first-order valence-corrected chi connectivity index (χ1v) is 8.70. The highest BCUT2D eigenvalue weighted by Crippen LogP contribution is 2.33. The van der Waals surface area contributed by atoms with Gasteiger partial charge in [0.25, 0.3) is 0 Å². The molecule has 26 heavy (non-hydrogen) atoms. The van der Waals surface area contributed by atoms with Crippen LogP contribution in [0.15, 0.2) is 42.7 Å². The maximum absolute atomic E-state index is 12.6. The fourth-order valence-corrected chi connectivity index (χ4v) is 3.61. The first-order chi connectivity index (χ1) is 12.6. The highest BCUT2D eigenvalue weighted by atomic mass is 35.5. The monoisotopic (exact) mass is 371 g/mol. The number of hydrogen-bond donors (Lipinski definition) is 2. The Kier molecular flexibility index (Phi) is 4.48. The van der Waals surface area contributed by atoms with Crippen molar-refractivity contribution in [3.05, 3.63) is 53.3 Å². The second-order valence-electron chi connectivity index (χ2n) is 6.29. The standard InChI is InChI=1S/C18H18ClN5O2/c1-11-8-14(19)12-4-2-3-5-13(12)17(11)22-18(25)21-15-9-26-10-16(15)24-7-6-20-23-24/h2-8,15-16H,9-10H2,1H3,(H2,21,22,25)/t15-,16+/m0/s1. The fraction of sp³-hybridized carbons (Fsp3) is 0.278. The lowest BCUT2D eigenvalue weighted by Crippen LogP contribution is -2.43. The van der Waals surface area contributed by atoms with Gasteiger partial charge in [-0.15, -0.1) is 5.10 Å². The Morgan fingerprint density at radius 1 is 1.31 bits per heavy atom. The van der Waals surface area contributed by atoms with E-state index in [9.17, 15) is 4.79 Å². The van der Waals surface area contributed by atoms with E-state index in [-0.39, 0.29) is 18.1 Å². The molecule has 2 heterocycles. The van der Waals surface area contributed by atoms with Crippen LogP contribution >= 0.6 is 11.6 Å². The van der Waals surface area contributed by atoms with E-state index in [1.165, 1.54) is 0 Å². The van der Waals surface area contributed by atoms with Gasteiger partial charge < -0.3 is 15.4 Å². The van der Waals surface area contributed by atoms with Crippen LogP contribution in [0.5, 0.6) is 0 Å². The molecule has 0 bridgehead atoms. The molecule has 2 atom stereocenters. The van der Waals surface area contributed by atoms with Gasteiger partial charge in [-0.2, -0.15) is 0 Å². The molecule has 1 fully saturated rings. The number of benzene rings is 2. The smallest absolute Gasteiger partial charge is 0.319 e. The molecule has 1 aromatic heterocycles. The molecule has 0 saturated carbocycles. The molecule has 1 saturated heterocycles. The first kappa shape index (κ1) is 16.8. The third kappa shape index (κ3) is 3.11. The van der Waals surface area contributed by atoms with E-state index in [1.807, 2.05) is 37.3 Å². The van der Waals surface area contributed by atoms with Gasteiger partial charge in [0.05, 0.1) is 37.2 Å². The van der Waals surface area contributed by atoms with Crippen molar-refractivity contribution in [3.8, 4) is 0 Å². The number of halogens is 1. The van der Waals surface area contributed by atoms with Crippen LogP contribution in [-0.4, -0.2) is 40.3 Å². The summed E-state index contributed by atoms with van der Waals surface area (Å²) >= 11 is 6.32. The van der Waals surface area contributed by atoms with Crippen molar-refractivity contribution in [2.24, 2.45) is 0 Å². The normalized spacial score (nSPS) is 19.6. The average Bonchev–Trinajstić information content (AvgIpc) is 3.30. The van der Waals surface area contributed by atoms with Crippen LogP contribution in [0.4, 0.5) is 10.5 Å². The maximum atomic E-state index is 12.6. The minimum Gasteiger partial charge on any atom is -0.377 e. The van der Waals surface area contributed by atoms with Crippen LogP contribution in [0.2, 0.25) is 5.02 Å². The SMILES string of the molecule is Cc1cc(Cl)c2ccccc2c1NC(=O)N[C@H]1COC[C@H]1n1ccnn1. The summed E-state index contributed by atoms with van der Waals surface area (Å²) in [5.41, 5.74) is 1.65. The Bertz CT molecular complexity index is 944. The predicted molar refractivity (Wildman–Crippen MR) is 99.5 cm³/mol. The van der Waals surface area contributed by atoms with Gasteiger partial charge in [-0.3, -0.25) is 0 Å². The fourth-order valence-electron chi connectivity index (χ4n) is 3.28. The summed E-state index contributed by atoms with van der Waals surface area (Å²) in [5.74, 6) is 0. The molecule has 0 spiro atoms. The summed E-state index contributed by atoms with van der Waals surface area (Å²) in [5, 5.41) is 16.2. The first-order valence-electron chi connectivity index (χ1n) is 8.32. The zero-order valence-electron chi connectivity index (χ0n) is 14.1. The van der Waals surface area contributed by atoms with Gasteiger partial charge in [-0.25, -0.2) is 9.48 Å². The summed E-state index contributed by atoms with van der Waals surface area (Å²) < 4.78 is 7.21. The Hall–Kier alpha value is -2.64. The quantitative estimate of drug-likeness (QED) is 0.741. The molecule has 2 aromatic carbocycles. The predicted octanol–water partition coefficient (Wildman–Crippen LogP) is 3.15. The van der Waals surface area contributed by atoms with Crippen molar-refractivity contribution >= 4 is 34.1 Å². The number of hydrogen-bond acceptors (Lipinski definition) is 4. The zero-order chi connectivity index (χ0) is 18.1. The second kappa shape index (κ2) is 6.93. The van der Waals surface area contributed by atoms with Crippen LogP contribution in [0, 0.1) is 6.92 Å². The molecule has 0 radical (unpaired) electrons. The summed E-state index contributed by atoms with van der Waals surface area (Å²) in [6.07, 6.45) is 3.38. The van der Waals surface area contributed by atoms with E-state index in [1.54, 1.807) is 17.1 Å². The van der Waals surface area contributed by atoms with Crippen molar-refractivity contribution < 1.29 is 9.53 Å². The number of rotatable bonds is 3. The molecule has 2 N–H and O–H groups in total. The molecule has 4 rings (SSSR count). The Morgan fingerprint density at radius 3 is 2.88 bits per heavy atom. The van der Waals surface area contributed by atoms with Crippen molar-refractivity contribution in [2.45, 2.75) is 19.0 Å². The molecule has 3 aromatic rings. The van der Waals surface area contributed by atoms with Gasteiger partial charge >= 0.3 is 6.03 Å². The maximum Gasteiger partial charge on any atom is 0.319 e. The number of carbonyl (C=O) groups is 1. The van der Waals surface area contributed by atoms with Crippen LogP contribution in [-0.2, 0) is 4.74 Å². The molecule has 7 nitrogen and oxygen atoms in total. The minimum absolute atomic E-state index is 0.0775. The van der Waals surface area contributed by atoms with Gasteiger partial charge in [0.1, 0.15) is 0 Å². The summed E-state index contributed by atoms with van der Waals surface area (Å²) in [4.78, 5) is 12.6. The van der Waals surface area contributed by atoms with Crippen molar-refractivity contribution in [2.75, 3.05) is 18.5 Å². The van der Waals surface area contributed by atoms with Crippen LogP contribution < -0.4 is 10.6 Å². The number of amides is 2. The molecule has 0 aliphatic carbocycles. The van der Waals surface area contributed by atoms with Gasteiger partial charge in [0, 0.05) is 22.0 Å². The highest BCUT2D eigenvalue weighted by molar-refractivity contribution is 6.36. The number of aryl methyl sites for hydroxylation is 1. The number of nitrogens with one attached hydrogen (secondary N) is 2. The van der Waals surface area contributed by atoms with E-state index in [0.717, 1.165) is 22.0 Å². The van der Waals surface area contributed by atoms with Gasteiger partial charge in [0.15, 0.2) is 0 Å². The summed E-state index contributed by atoms with van der Waals surface area (Å²) in [7, 11) is 0. The van der Waals surface area contributed by atoms with Gasteiger partial charge in [0.2, 0.25) is 0 Å². The Labute approximate surface area is 155 Å². The Balaban J connectivity index is 1.55. The average molecular weight is 372 g/mol. The number of carbonyl (C=O) groups excluding carboxylic acids is 1. The van der Waals surface area contributed by atoms with Crippen LogP contribution in [0.1, 0.15) is 11.6 Å². The Morgan fingerprint density at radius 2 is 2.12 bits per heavy atom. The van der Waals surface area contributed by atoms with Crippen molar-refractivity contribution in [1.29, 1.82) is 0 Å². The molecule has 0 unspecified atom stereocenters. The topological polar surface area (TPSA) is 81.1 Å². The van der Waals surface area contributed by atoms with Crippen LogP contribution in [0.25, 0.3) is 10.8 Å². The molecular formula is C18H18ClN5O2. The number of nitrogens with zero attached hydrogens (tertiary/aromatic N) is 3. The summed E-state index contributed by atoms with van der Waals surface area (Å²) in [6.45, 7) is 2.83. The van der Waals surface area contributed by atoms with E-state index in [2.05, 4.69) is 20.9 Å². The van der Waals surface area contributed by atoms with E-state index < -0.39 is 0 Å². The lowest BCUT2D eigenvalue weighted by molar-refractivity contribution is 0.181. The van der Waals surface area contributed by atoms with E-state index in [0.29, 0.717) is 18.2 Å². The lowest BCUT2D eigenvalue weighted by Gasteiger charge is -2.20. The van der Waals surface area contributed by atoms with E-state index >= 15 is 0 Å². The van der Waals surface area contributed by atoms with Crippen molar-refractivity contribution in [1.82, 2.24) is 20.3 Å². The minimum atomic E-state index is -0.291. The van der Waals surface area contributed by atoms with Gasteiger partial charge in [-0.1, -0.05) is 41.1 Å².